The molecule has 0 amide bonds. The van der Waals surface area contributed by atoms with E-state index in [9.17, 15) is 5.26 Å². The first kappa shape index (κ1) is 25.1. The third-order valence-electron chi connectivity index (χ3n) is 5.13. The molecule has 0 saturated carbocycles. The Morgan fingerprint density at radius 1 is 0.432 bits per heavy atom. The zero-order valence-corrected chi connectivity index (χ0v) is 20.5. The van der Waals surface area contributed by atoms with Gasteiger partial charge in [-0.3, -0.25) is 0 Å². The van der Waals surface area contributed by atoms with Gasteiger partial charge in [0.25, 0.3) is 0 Å². The summed E-state index contributed by atoms with van der Waals surface area (Å²) in [5, 5.41) is 9.18. The van der Waals surface area contributed by atoms with Crippen molar-refractivity contribution in [3.63, 3.8) is 0 Å². The predicted octanol–water partition coefficient (Wildman–Crippen LogP) is 5.81. The maximum Gasteiger partial charge on any atom is 0.611 e. The van der Waals surface area contributed by atoms with Crippen molar-refractivity contribution in [1.82, 2.24) is 0 Å². The number of hydrogen-bond acceptors (Lipinski definition) is 8. The highest BCUT2D eigenvalue weighted by Gasteiger charge is 2.44. The van der Waals surface area contributed by atoms with Gasteiger partial charge in [0.2, 0.25) is 0 Å². The van der Waals surface area contributed by atoms with Crippen molar-refractivity contribution < 1.29 is 33.2 Å². The van der Waals surface area contributed by atoms with Crippen LogP contribution >= 0.6 is 0 Å². The van der Waals surface area contributed by atoms with Crippen LogP contribution in [0.1, 0.15) is 5.56 Å². The standard InChI is InChI=1S/C29H25NO7/c1-31-22-8-14-26(15-9-22)35-29(34-25-6-4-21(20-30)5-7-25,36-27-16-10-23(32-2)11-17-27)37-28-18-12-24(33-3)13-19-28/h4-19H,1-3H3. The smallest absolute Gasteiger partial charge is 0.497 e. The van der Waals surface area contributed by atoms with E-state index in [1.165, 1.54) is 0 Å². The van der Waals surface area contributed by atoms with Crippen molar-refractivity contribution in [2.45, 2.75) is 6.16 Å². The van der Waals surface area contributed by atoms with E-state index in [1.54, 1.807) is 118 Å². The normalized spacial score (nSPS) is 10.5. The molecule has 4 rings (SSSR count). The van der Waals surface area contributed by atoms with E-state index >= 15 is 0 Å². The first-order valence-electron chi connectivity index (χ1n) is 11.2. The van der Waals surface area contributed by atoms with E-state index in [2.05, 4.69) is 6.07 Å². The second-order valence-corrected chi connectivity index (χ2v) is 7.57. The van der Waals surface area contributed by atoms with Crippen molar-refractivity contribution in [3.05, 3.63) is 103 Å². The van der Waals surface area contributed by atoms with Crippen LogP contribution in [0.4, 0.5) is 0 Å². The fraction of sp³-hybridized carbons (Fsp3) is 0.138. The van der Waals surface area contributed by atoms with Crippen LogP contribution in [0.2, 0.25) is 0 Å². The molecule has 37 heavy (non-hydrogen) atoms. The van der Waals surface area contributed by atoms with Gasteiger partial charge in [0.05, 0.1) is 33.0 Å². The number of rotatable bonds is 11. The number of nitriles is 1. The molecule has 4 aromatic rings. The van der Waals surface area contributed by atoms with Gasteiger partial charge in [-0.15, -0.1) is 0 Å². The van der Waals surface area contributed by atoms with Crippen molar-refractivity contribution in [1.29, 1.82) is 5.26 Å². The van der Waals surface area contributed by atoms with Gasteiger partial charge in [0.15, 0.2) is 0 Å². The lowest BCUT2D eigenvalue weighted by Gasteiger charge is -2.32. The van der Waals surface area contributed by atoms with E-state index < -0.39 is 6.16 Å². The molecule has 0 aliphatic heterocycles. The summed E-state index contributed by atoms with van der Waals surface area (Å²) in [5.41, 5.74) is 0.473. The Morgan fingerprint density at radius 3 is 0.919 bits per heavy atom. The van der Waals surface area contributed by atoms with E-state index in [1.807, 2.05) is 0 Å². The van der Waals surface area contributed by atoms with Gasteiger partial charge in [0.1, 0.15) is 40.2 Å². The van der Waals surface area contributed by atoms with Crippen LogP contribution in [0.15, 0.2) is 97.1 Å². The summed E-state index contributed by atoms with van der Waals surface area (Å²) in [6.07, 6.45) is -2.12. The molecule has 0 heterocycles. The Kier molecular flexibility index (Phi) is 7.86. The molecule has 8 heteroatoms. The maximum atomic E-state index is 9.18. The summed E-state index contributed by atoms with van der Waals surface area (Å²) < 4.78 is 40.7. The fourth-order valence-corrected chi connectivity index (χ4v) is 3.23. The molecule has 0 bridgehead atoms. The first-order valence-corrected chi connectivity index (χ1v) is 11.2. The van der Waals surface area contributed by atoms with E-state index in [0.29, 0.717) is 45.8 Å². The highest BCUT2D eigenvalue weighted by atomic mass is 17.0. The molecule has 0 fully saturated rings. The third kappa shape index (κ3) is 6.55. The molecule has 8 nitrogen and oxygen atoms in total. The summed E-state index contributed by atoms with van der Waals surface area (Å²) in [7, 11) is 4.73. The lowest BCUT2D eigenvalue weighted by molar-refractivity contribution is -0.367. The van der Waals surface area contributed by atoms with Crippen LogP contribution in [0.5, 0.6) is 40.2 Å². The van der Waals surface area contributed by atoms with Crippen LogP contribution in [0, 0.1) is 11.3 Å². The van der Waals surface area contributed by atoms with Gasteiger partial charge in [0, 0.05) is 0 Å². The number of nitrogens with zero attached hydrogens (tertiary/aromatic N) is 1. The molecule has 0 atom stereocenters. The molecule has 0 N–H and O–H groups in total. The molecular formula is C29H25NO7. The zero-order valence-electron chi connectivity index (χ0n) is 20.5. The summed E-state index contributed by atoms with van der Waals surface area (Å²) in [6.45, 7) is 0. The Balaban J connectivity index is 1.77. The molecule has 188 valence electrons. The van der Waals surface area contributed by atoms with Gasteiger partial charge in [-0.25, -0.2) is 0 Å². The molecule has 0 aliphatic rings. The van der Waals surface area contributed by atoms with Crippen LogP contribution in [-0.4, -0.2) is 27.5 Å². The van der Waals surface area contributed by atoms with E-state index in [4.69, 9.17) is 33.2 Å². The van der Waals surface area contributed by atoms with Crippen LogP contribution in [-0.2, 0) is 0 Å². The first-order chi connectivity index (χ1) is 18.0. The van der Waals surface area contributed by atoms with Gasteiger partial charge < -0.3 is 33.2 Å². The Hall–Kier alpha value is -5.03. The number of ether oxygens (including phenoxy) is 7. The molecule has 0 aromatic heterocycles. The fourth-order valence-electron chi connectivity index (χ4n) is 3.23. The SMILES string of the molecule is COc1ccc(OC(Oc2ccc(C#N)cc2)(Oc2ccc(OC)cc2)Oc2ccc(OC)cc2)cc1. The summed E-state index contributed by atoms with van der Waals surface area (Å²) in [4.78, 5) is 0. The average Bonchev–Trinajstić information content (AvgIpc) is 2.94. The minimum atomic E-state index is -2.12. The predicted molar refractivity (Wildman–Crippen MR) is 135 cm³/mol. The molecule has 0 radical (unpaired) electrons. The topological polar surface area (TPSA) is 88.4 Å². The Bertz CT molecular complexity index is 1190. The largest absolute Gasteiger partial charge is 0.611 e. The van der Waals surface area contributed by atoms with Crippen LogP contribution in [0.3, 0.4) is 0 Å². The van der Waals surface area contributed by atoms with Gasteiger partial charge >= 0.3 is 6.16 Å². The lowest BCUT2D eigenvalue weighted by atomic mass is 10.2. The number of benzene rings is 4. The van der Waals surface area contributed by atoms with Gasteiger partial charge in [-0.2, -0.15) is 5.26 Å². The Labute approximate surface area is 215 Å². The van der Waals surface area contributed by atoms with Crippen molar-refractivity contribution in [2.24, 2.45) is 0 Å². The summed E-state index contributed by atoms with van der Waals surface area (Å²) in [5.74, 6) is 3.45. The van der Waals surface area contributed by atoms with Gasteiger partial charge in [-0.05, 0) is 97.1 Å². The zero-order chi connectivity index (χ0) is 26.1. The molecule has 0 spiro atoms. The highest BCUT2D eigenvalue weighted by Crippen LogP contribution is 2.32. The summed E-state index contributed by atoms with van der Waals surface area (Å²) in [6, 6.07) is 29.2. The van der Waals surface area contributed by atoms with Crippen LogP contribution in [0.25, 0.3) is 0 Å². The monoisotopic (exact) mass is 499 g/mol. The lowest BCUT2D eigenvalue weighted by Crippen LogP contribution is -2.53. The number of methoxy groups -OCH3 is 3. The minimum Gasteiger partial charge on any atom is -0.497 e. The van der Waals surface area contributed by atoms with Crippen molar-refractivity contribution >= 4 is 0 Å². The minimum absolute atomic E-state index is 0.342. The quantitative estimate of drug-likeness (QED) is 0.239. The van der Waals surface area contributed by atoms with E-state index in [0.717, 1.165) is 0 Å². The van der Waals surface area contributed by atoms with Crippen LogP contribution < -0.4 is 33.2 Å². The Morgan fingerprint density at radius 2 is 0.676 bits per heavy atom. The third-order valence-corrected chi connectivity index (χ3v) is 5.13. The molecule has 0 unspecified atom stereocenters. The second kappa shape index (κ2) is 11.6. The maximum absolute atomic E-state index is 9.18. The molecule has 0 saturated heterocycles. The van der Waals surface area contributed by atoms with Crippen molar-refractivity contribution in [3.8, 4) is 46.3 Å². The summed E-state index contributed by atoms with van der Waals surface area (Å²) >= 11 is 0. The number of hydrogen-bond donors (Lipinski definition) is 0. The second-order valence-electron chi connectivity index (χ2n) is 7.57. The molecule has 0 aliphatic carbocycles. The molecule has 4 aromatic carbocycles. The average molecular weight is 500 g/mol. The molecular weight excluding hydrogens is 474 g/mol. The van der Waals surface area contributed by atoms with Crippen molar-refractivity contribution in [2.75, 3.05) is 21.3 Å². The van der Waals surface area contributed by atoms with Gasteiger partial charge in [-0.1, -0.05) is 0 Å². The highest BCUT2D eigenvalue weighted by molar-refractivity contribution is 5.37. The van der Waals surface area contributed by atoms with E-state index in [-0.39, 0.29) is 0 Å².